The Morgan fingerprint density at radius 2 is 1.88 bits per heavy atom. The molecule has 0 saturated heterocycles. The van der Waals surface area contributed by atoms with E-state index in [4.69, 9.17) is 4.74 Å². The van der Waals surface area contributed by atoms with Gasteiger partial charge in [-0.25, -0.2) is 0 Å². The Kier molecular flexibility index (Phi) is 4.08. The van der Waals surface area contributed by atoms with Crippen molar-refractivity contribution < 1.29 is 17.7 Å². The van der Waals surface area contributed by atoms with Crippen LogP contribution in [0.15, 0.2) is 38.4 Å². The molecule has 1 aliphatic rings. The van der Waals surface area contributed by atoms with E-state index < -0.39 is 26.4 Å². The quantitative estimate of drug-likeness (QED) is 0.639. The fourth-order valence-electron chi connectivity index (χ4n) is 3.47. The first-order valence-corrected chi connectivity index (χ1v) is 9.47. The molecule has 1 N–H and O–H groups in total. The third kappa shape index (κ3) is 2.48. The summed E-state index contributed by atoms with van der Waals surface area (Å²) in [5.74, 6) is 0.0314. The van der Waals surface area contributed by atoms with Gasteiger partial charge in [-0.05, 0) is 36.8 Å². The molecule has 0 bridgehead atoms. The number of fused-ring (bicyclic) bond motifs is 1. The molecule has 1 aliphatic heterocycles. The molecule has 3 rings (SSSR count). The number of benzene rings is 1. The lowest BCUT2D eigenvalue weighted by Gasteiger charge is -2.26. The lowest BCUT2D eigenvalue weighted by atomic mass is 9.83. The largest absolute Gasteiger partial charge is 0.492 e. The van der Waals surface area contributed by atoms with Crippen LogP contribution in [-0.2, 0) is 15.5 Å². The summed E-state index contributed by atoms with van der Waals surface area (Å²) in [6.07, 6.45) is 1.62. The van der Waals surface area contributed by atoms with Crippen molar-refractivity contribution in [3.8, 4) is 5.75 Å². The standard InChI is InChI=1S/C18H19NO6S/c1-5-19-13-7-6-10(26(22,23)24)8-12(13)18(2,3)14(19)9-11-15(20)16(21)17(11)25-4/h6-9H,5H2,1-4H3,(H,22,23,24). The minimum absolute atomic E-state index is 0.0314. The summed E-state index contributed by atoms with van der Waals surface area (Å²) < 4.78 is 37.3. The van der Waals surface area contributed by atoms with Gasteiger partial charge in [-0.15, -0.1) is 0 Å². The second-order valence-electron chi connectivity index (χ2n) is 6.66. The Hall–Kier alpha value is -2.45. The van der Waals surface area contributed by atoms with Crippen molar-refractivity contribution in [1.82, 2.24) is 0 Å². The van der Waals surface area contributed by atoms with Crippen LogP contribution in [0.25, 0.3) is 6.08 Å². The fourth-order valence-corrected chi connectivity index (χ4v) is 3.98. The molecule has 8 heteroatoms. The van der Waals surface area contributed by atoms with Gasteiger partial charge in [0.25, 0.3) is 15.5 Å². The molecule has 0 aromatic heterocycles. The third-order valence-electron chi connectivity index (χ3n) is 4.86. The van der Waals surface area contributed by atoms with Crippen molar-refractivity contribution in [3.63, 3.8) is 0 Å². The van der Waals surface area contributed by atoms with E-state index >= 15 is 0 Å². The Bertz CT molecular complexity index is 1100. The number of nitrogens with zero attached hydrogens (tertiary/aromatic N) is 1. The summed E-state index contributed by atoms with van der Waals surface area (Å²) in [5.41, 5.74) is 0.554. The Morgan fingerprint density at radius 1 is 1.23 bits per heavy atom. The molecule has 0 aliphatic carbocycles. The molecular formula is C18H19NO6S. The number of hydrogen-bond donors (Lipinski definition) is 1. The van der Waals surface area contributed by atoms with Crippen molar-refractivity contribution in [3.05, 3.63) is 55.5 Å². The number of methoxy groups -OCH3 is 1. The summed E-state index contributed by atoms with van der Waals surface area (Å²) in [5, 5.41) is 0. The van der Waals surface area contributed by atoms with E-state index in [0.29, 0.717) is 12.1 Å². The average molecular weight is 377 g/mol. The Labute approximate surface area is 151 Å². The van der Waals surface area contributed by atoms with Gasteiger partial charge in [-0.1, -0.05) is 13.8 Å². The van der Waals surface area contributed by atoms with E-state index in [1.54, 1.807) is 12.1 Å². The molecular weight excluding hydrogens is 358 g/mol. The highest BCUT2D eigenvalue weighted by molar-refractivity contribution is 7.85. The van der Waals surface area contributed by atoms with E-state index in [9.17, 15) is 22.6 Å². The molecule has 0 saturated carbocycles. The molecule has 0 unspecified atom stereocenters. The molecule has 0 fully saturated rings. The van der Waals surface area contributed by atoms with Crippen LogP contribution >= 0.6 is 0 Å². The Balaban J connectivity index is 2.22. The van der Waals surface area contributed by atoms with E-state index in [1.807, 2.05) is 25.7 Å². The van der Waals surface area contributed by atoms with E-state index in [2.05, 4.69) is 0 Å². The summed E-state index contributed by atoms with van der Waals surface area (Å²) in [6, 6.07) is 4.41. The first-order chi connectivity index (χ1) is 12.0. The van der Waals surface area contributed by atoms with Crippen molar-refractivity contribution >= 4 is 21.9 Å². The molecule has 0 radical (unpaired) electrons. The molecule has 2 aromatic rings. The fraction of sp³-hybridized carbons (Fsp3) is 0.333. The minimum atomic E-state index is -4.33. The van der Waals surface area contributed by atoms with Gasteiger partial charge in [-0.3, -0.25) is 14.1 Å². The zero-order valence-electron chi connectivity index (χ0n) is 14.9. The van der Waals surface area contributed by atoms with Crippen LogP contribution < -0.4 is 20.5 Å². The topological polar surface area (TPSA) is 101 Å². The summed E-state index contributed by atoms with van der Waals surface area (Å²) in [4.78, 5) is 25.3. The average Bonchev–Trinajstić information content (AvgIpc) is 2.79. The number of ether oxygens (including phenoxy) is 1. The van der Waals surface area contributed by atoms with Gasteiger partial charge in [-0.2, -0.15) is 8.42 Å². The molecule has 138 valence electrons. The highest BCUT2D eigenvalue weighted by atomic mass is 32.2. The van der Waals surface area contributed by atoms with Crippen molar-refractivity contribution in [2.75, 3.05) is 18.6 Å². The number of anilines is 1. The number of rotatable bonds is 4. The second kappa shape index (κ2) is 5.78. The third-order valence-corrected chi connectivity index (χ3v) is 5.71. The van der Waals surface area contributed by atoms with Gasteiger partial charge >= 0.3 is 0 Å². The van der Waals surface area contributed by atoms with Crippen molar-refractivity contribution in [1.29, 1.82) is 0 Å². The van der Waals surface area contributed by atoms with Crippen LogP contribution in [0.4, 0.5) is 5.69 Å². The zero-order chi connectivity index (χ0) is 19.4. The lowest BCUT2D eigenvalue weighted by molar-refractivity contribution is 0.404. The molecule has 0 spiro atoms. The SMILES string of the molecule is CCN1C(=Cc2c(OC)c(=O)c2=O)C(C)(C)c2cc(S(=O)(=O)O)ccc21. The van der Waals surface area contributed by atoms with Gasteiger partial charge in [0.2, 0.25) is 5.43 Å². The van der Waals surface area contributed by atoms with Crippen LogP contribution in [0, 0.1) is 0 Å². The van der Waals surface area contributed by atoms with E-state index in [1.165, 1.54) is 19.2 Å². The van der Waals surface area contributed by atoms with Gasteiger partial charge < -0.3 is 9.64 Å². The van der Waals surface area contributed by atoms with E-state index in [0.717, 1.165) is 11.4 Å². The molecule has 0 amide bonds. The van der Waals surface area contributed by atoms with Crippen LogP contribution in [-0.4, -0.2) is 26.6 Å². The van der Waals surface area contributed by atoms with Gasteiger partial charge in [0.05, 0.1) is 17.6 Å². The maximum absolute atomic E-state index is 11.9. The van der Waals surface area contributed by atoms with Gasteiger partial charge in [0.15, 0.2) is 5.75 Å². The van der Waals surface area contributed by atoms with Crippen molar-refractivity contribution in [2.45, 2.75) is 31.1 Å². The molecule has 0 atom stereocenters. The lowest BCUT2D eigenvalue weighted by Crippen LogP contribution is -2.36. The predicted molar refractivity (Wildman–Crippen MR) is 98.2 cm³/mol. The van der Waals surface area contributed by atoms with Gasteiger partial charge in [0, 0.05) is 23.3 Å². The smallest absolute Gasteiger partial charge is 0.294 e. The van der Waals surface area contributed by atoms with Crippen LogP contribution in [0.2, 0.25) is 0 Å². The monoisotopic (exact) mass is 377 g/mol. The first-order valence-electron chi connectivity index (χ1n) is 8.03. The van der Waals surface area contributed by atoms with E-state index in [-0.39, 0.29) is 16.2 Å². The molecule has 7 nitrogen and oxygen atoms in total. The molecule has 2 aromatic carbocycles. The summed E-state index contributed by atoms with van der Waals surface area (Å²) in [6.45, 7) is 6.28. The predicted octanol–water partition coefficient (Wildman–Crippen LogP) is 1.70. The minimum Gasteiger partial charge on any atom is -0.492 e. The first kappa shape index (κ1) is 18.3. The summed E-state index contributed by atoms with van der Waals surface area (Å²) >= 11 is 0. The normalized spacial score (nSPS) is 17.7. The zero-order valence-corrected chi connectivity index (χ0v) is 15.7. The van der Waals surface area contributed by atoms with Crippen LogP contribution in [0.5, 0.6) is 5.75 Å². The van der Waals surface area contributed by atoms with Crippen LogP contribution in [0.1, 0.15) is 31.9 Å². The molecule has 1 heterocycles. The van der Waals surface area contributed by atoms with Gasteiger partial charge in [0.1, 0.15) is 0 Å². The highest BCUT2D eigenvalue weighted by Gasteiger charge is 2.41. The maximum Gasteiger partial charge on any atom is 0.294 e. The number of likely N-dealkylation sites (N-methyl/N-ethyl adjacent to an activating group) is 1. The number of allylic oxidation sites excluding steroid dienone is 1. The second-order valence-corrected chi connectivity index (χ2v) is 8.08. The summed E-state index contributed by atoms with van der Waals surface area (Å²) in [7, 11) is -2.99. The van der Waals surface area contributed by atoms with Crippen LogP contribution in [0.3, 0.4) is 0 Å². The number of hydrogen-bond acceptors (Lipinski definition) is 6. The highest BCUT2D eigenvalue weighted by Crippen LogP contribution is 2.49. The maximum atomic E-state index is 11.9. The molecule has 26 heavy (non-hydrogen) atoms. The van der Waals surface area contributed by atoms with Crippen molar-refractivity contribution in [2.24, 2.45) is 0 Å². The Morgan fingerprint density at radius 3 is 2.42 bits per heavy atom.